The lowest BCUT2D eigenvalue weighted by Gasteiger charge is -2.36. The van der Waals surface area contributed by atoms with Crippen LogP contribution in [0.25, 0.3) is 0 Å². The van der Waals surface area contributed by atoms with Crippen molar-refractivity contribution in [2.75, 3.05) is 37.6 Å². The van der Waals surface area contributed by atoms with E-state index in [1.54, 1.807) is 6.20 Å². The van der Waals surface area contributed by atoms with E-state index in [-0.39, 0.29) is 5.96 Å². The summed E-state index contributed by atoms with van der Waals surface area (Å²) in [6, 6.07) is 2.04. The molecule has 1 aromatic rings. The predicted octanol–water partition coefficient (Wildman–Crippen LogP) is -0.586. The SMILES string of the molecule is Cc1cc(C2(N)N=C(N)NN2)cnc1N1CCN(CC2CC2)CC1. The number of rotatable bonds is 4. The zero-order valence-corrected chi connectivity index (χ0v) is 14.1. The third-order valence-electron chi connectivity index (χ3n) is 5.05. The smallest absolute Gasteiger partial charge is 0.210 e. The molecule has 1 aromatic heterocycles. The molecule has 1 saturated carbocycles. The maximum atomic E-state index is 6.24. The molecule has 1 atom stereocenters. The van der Waals surface area contributed by atoms with Gasteiger partial charge >= 0.3 is 0 Å². The highest BCUT2D eigenvalue weighted by Gasteiger charge is 2.33. The maximum Gasteiger partial charge on any atom is 0.210 e. The molecule has 8 heteroatoms. The average Bonchev–Trinajstić information content (AvgIpc) is 3.31. The largest absolute Gasteiger partial charge is 0.369 e. The van der Waals surface area contributed by atoms with E-state index < -0.39 is 5.79 Å². The minimum absolute atomic E-state index is 0.283. The number of hydrogen-bond acceptors (Lipinski definition) is 8. The predicted molar refractivity (Wildman–Crippen MR) is 94.1 cm³/mol. The van der Waals surface area contributed by atoms with Crippen LogP contribution in [0.1, 0.15) is 24.0 Å². The molecule has 0 spiro atoms. The number of aliphatic imine (C=N–C) groups is 1. The Hall–Kier alpha value is -1.90. The Labute approximate surface area is 142 Å². The topological polar surface area (TPSA) is 108 Å². The number of anilines is 1. The van der Waals surface area contributed by atoms with Crippen molar-refractivity contribution in [3.8, 4) is 0 Å². The maximum absolute atomic E-state index is 6.24. The Morgan fingerprint density at radius 2 is 2.04 bits per heavy atom. The first-order valence-electron chi connectivity index (χ1n) is 8.65. The van der Waals surface area contributed by atoms with Crippen LogP contribution in [-0.2, 0) is 5.79 Å². The monoisotopic (exact) mass is 330 g/mol. The van der Waals surface area contributed by atoms with Gasteiger partial charge < -0.3 is 10.6 Å². The average molecular weight is 330 g/mol. The van der Waals surface area contributed by atoms with Crippen molar-refractivity contribution in [3.63, 3.8) is 0 Å². The van der Waals surface area contributed by atoms with Crippen LogP contribution < -0.4 is 27.2 Å². The molecule has 2 fully saturated rings. The Kier molecular flexibility index (Phi) is 3.82. The number of nitrogens with two attached hydrogens (primary N) is 2. The Morgan fingerprint density at radius 1 is 1.29 bits per heavy atom. The number of hydrazine groups is 1. The second-order valence-electron chi connectivity index (χ2n) is 7.11. The summed E-state index contributed by atoms with van der Waals surface area (Å²) < 4.78 is 0. The van der Waals surface area contributed by atoms with Crippen LogP contribution in [0.2, 0.25) is 0 Å². The van der Waals surface area contributed by atoms with Crippen molar-refractivity contribution in [2.45, 2.75) is 25.6 Å². The minimum atomic E-state index is -1.05. The molecule has 2 aliphatic heterocycles. The molecular formula is C16H26N8. The molecule has 4 rings (SSSR count). The number of guanidine groups is 1. The quantitative estimate of drug-likeness (QED) is 0.584. The lowest BCUT2D eigenvalue weighted by molar-refractivity contribution is 0.247. The molecule has 0 bridgehead atoms. The van der Waals surface area contributed by atoms with E-state index >= 15 is 0 Å². The van der Waals surface area contributed by atoms with Crippen molar-refractivity contribution < 1.29 is 0 Å². The summed E-state index contributed by atoms with van der Waals surface area (Å²) in [5, 5.41) is 0. The molecule has 0 aromatic carbocycles. The van der Waals surface area contributed by atoms with Gasteiger partial charge in [0.15, 0.2) is 0 Å². The second-order valence-corrected chi connectivity index (χ2v) is 7.11. The van der Waals surface area contributed by atoms with Gasteiger partial charge in [-0.25, -0.2) is 9.98 Å². The molecule has 1 aliphatic carbocycles. The first-order chi connectivity index (χ1) is 11.5. The third kappa shape index (κ3) is 3.04. The molecular weight excluding hydrogens is 304 g/mol. The number of pyridine rings is 1. The highest BCUT2D eigenvalue weighted by atomic mass is 15.6. The van der Waals surface area contributed by atoms with Gasteiger partial charge in [-0.1, -0.05) is 0 Å². The first-order valence-corrected chi connectivity index (χ1v) is 8.65. The van der Waals surface area contributed by atoms with Gasteiger partial charge in [-0.15, -0.1) is 0 Å². The van der Waals surface area contributed by atoms with E-state index in [1.807, 2.05) is 6.07 Å². The van der Waals surface area contributed by atoms with Gasteiger partial charge in [0.1, 0.15) is 5.82 Å². The van der Waals surface area contributed by atoms with Gasteiger partial charge in [-0.3, -0.25) is 16.1 Å². The van der Waals surface area contributed by atoms with Crippen molar-refractivity contribution in [2.24, 2.45) is 22.4 Å². The zero-order valence-electron chi connectivity index (χ0n) is 14.1. The molecule has 8 nitrogen and oxygen atoms in total. The molecule has 1 saturated heterocycles. The Bertz CT molecular complexity index is 647. The fraction of sp³-hybridized carbons (Fsp3) is 0.625. The molecule has 3 heterocycles. The Balaban J connectivity index is 1.45. The van der Waals surface area contributed by atoms with Crippen LogP contribution in [0.5, 0.6) is 0 Å². The van der Waals surface area contributed by atoms with E-state index in [0.717, 1.165) is 49.0 Å². The second kappa shape index (κ2) is 5.87. The van der Waals surface area contributed by atoms with Gasteiger partial charge in [-0.2, -0.15) is 5.43 Å². The zero-order chi connectivity index (χ0) is 16.7. The highest BCUT2D eigenvalue weighted by molar-refractivity contribution is 5.79. The summed E-state index contributed by atoms with van der Waals surface area (Å²) in [5.74, 6) is 1.22. The minimum Gasteiger partial charge on any atom is -0.369 e. The summed E-state index contributed by atoms with van der Waals surface area (Å²) in [6.45, 7) is 7.63. The highest BCUT2D eigenvalue weighted by Crippen LogP contribution is 2.30. The van der Waals surface area contributed by atoms with Gasteiger partial charge in [-0.05, 0) is 37.3 Å². The number of nitrogens with one attached hydrogen (secondary N) is 2. The van der Waals surface area contributed by atoms with E-state index in [0.29, 0.717) is 0 Å². The summed E-state index contributed by atoms with van der Waals surface area (Å²) >= 11 is 0. The van der Waals surface area contributed by atoms with Crippen molar-refractivity contribution in [3.05, 3.63) is 23.4 Å². The van der Waals surface area contributed by atoms with E-state index in [4.69, 9.17) is 11.5 Å². The van der Waals surface area contributed by atoms with Crippen LogP contribution in [-0.4, -0.2) is 48.6 Å². The van der Waals surface area contributed by atoms with Crippen LogP contribution in [0.3, 0.4) is 0 Å². The van der Waals surface area contributed by atoms with Crippen molar-refractivity contribution >= 4 is 11.8 Å². The van der Waals surface area contributed by atoms with E-state index in [9.17, 15) is 0 Å². The van der Waals surface area contributed by atoms with Gasteiger partial charge in [0.05, 0.1) is 0 Å². The van der Waals surface area contributed by atoms with Gasteiger partial charge in [0.2, 0.25) is 11.7 Å². The molecule has 130 valence electrons. The molecule has 3 aliphatic rings. The number of aryl methyl sites for hydroxylation is 1. The van der Waals surface area contributed by atoms with E-state index in [1.165, 1.54) is 19.4 Å². The lowest BCUT2D eigenvalue weighted by Crippen LogP contribution is -2.51. The molecule has 0 radical (unpaired) electrons. The standard InChI is InChI=1S/C16H26N8/c1-11-8-13(16(18)20-15(17)21-22-16)9-19-14(11)24-6-4-23(5-7-24)10-12-2-3-12/h8-9,12,22H,2-7,10,18H2,1H3,(H3,17,20,21). The van der Waals surface area contributed by atoms with Gasteiger partial charge in [0, 0.05) is 44.5 Å². The summed E-state index contributed by atoms with van der Waals surface area (Å²) in [7, 11) is 0. The summed E-state index contributed by atoms with van der Waals surface area (Å²) in [6.07, 6.45) is 4.62. The van der Waals surface area contributed by atoms with Crippen LogP contribution in [0.15, 0.2) is 17.3 Å². The molecule has 1 unspecified atom stereocenters. The van der Waals surface area contributed by atoms with Crippen molar-refractivity contribution in [1.82, 2.24) is 20.7 Å². The number of piperazine rings is 1. The number of hydrogen-bond donors (Lipinski definition) is 4. The summed E-state index contributed by atoms with van der Waals surface area (Å²) in [4.78, 5) is 13.8. The Morgan fingerprint density at radius 3 is 2.62 bits per heavy atom. The van der Waals surface area contributed by atoms with Crippen LogP contribution in [0, 0.1) is 12.8 Å². The van der Waals surface area contributed by atoms with Crippen molar-refractivity contribution in [1.29, 1.82) is 0 Å². The number of nitrogens with zero attached hydrogens (tertiary/aromatic N) is 4. The molecule has 0 amide bonds. The van der Waals surface area contributed by atoms with E-state index in [2.05, 4.69) is 37.6 Å². The van der Waals surface area contributed by atoms with Gasteiger partial charge in [0.25, 0.3) is 0 Å². The molecule has 24 heavy (non-hydrogen) atoms. The normalized spacial score (nSPS) is 27.9. The first kappa shape index (κ1) is 15.6. The fourth-order valence-electron chi connectivity index (χ4n) is 3.46. The lowest BCUT2D eigenvalue weighted by atomic mass is 10.1. The van der Waals surface area contributed by atoms with Crippen LogP contribution >= 0.6 is 0 Å². The molecule has 6 N–H and O–H groups in total. The fourth-order valence-corrected chi connectivity index (χ4v) is 3.46. The van der Waals surface area contributed by atoms with Crippen LogP contribution in [0.4, 0.5) is 5.82 Å². The third-order valence-corrected chi connectivity index (χ3v) is 5.05. The summed E-state index contributed by atoms with van der Waals surface area (Å²) in [5.41, 5.74) is 19.4. The number of aromatic nitrogens is 1.